The molecule has 2 aromatic rings. The van der Waals surface area contributed by atoms with Crippen LogP contribution in [0.2, 0.25) is 0 Å². The number of halogens is 1. The molecule has 0 aliphatic carbocycles. The molecule has 0 bridgehead atoms. The van der Waals surface area contributed by atoms with E-state index >= 15 is 0 Å². The molecule has 0 unspecified atom stereocenters. The summed E-state index contributed by atoms with van der Waals surface area (Å²) in [5.74, 6) is -0.0454. The van der Waals surface area contributed by atoms with Crippen LogP contribution in [0.5, 0.6) is 0 Å². The summed E-state index contributed by atoms with van der Waals surface area (Å²) in [6, 6.07) is 2.10. The van der Waals surface area contributed by atoms with Gasteiger partial charge in [-0.15, -0.1) is 11.3 Å². The molecule has 0 fully saturated rings. The third-order valence-corrected chi connectivity index (χ3v) is 3.99. The lowest BCUT2D eigenvalue weighted by atomic mass is 10.3. The molecule has 19 heavy (non-hydrogen) atoms. The number of carbonyl (C=O) groups excluding carboxylic acids is 1. The third-order valence-electron chi connectivity index (χ3n) is 2.71. The molecular weight excluding hydrogens is 326 g/mol. The van der Waals surface area contributed by atoms with Gasteiger partial charge in [0.15, 0.2) is 0 Å². The van der Waals surface area contributed by atoms with Crippen LogP contribution in [-0.4, -0.2) is 22.0 Å². The molecular formula is C13H16BrN3OS. The normalized spacial score (nSPS) is 10.9. The molecule has 0 radical (unpaired) electrons. The minimum absolute atomic E-state index is 0.0454. The van der Waals surface area contributed by atoms with Crippen molar-refractivity contribution in [3.05, 3.63) is 39.0 Å². The second-order valence-electron chi connectivity index (χ2n) is 4.48. The number of hydrogen-bond acceptors (Lipinski definition) is 3. The number of thiazole rings is 1. The number of hydrogen-bond donors (Lipinski definition) is 1. The van der Waals surface area contributed by atoms with E-state index in [1.807, 2.05) is 22.2 Å². The van der Waals surface area contributed by atoms with Crippen LogP contribution >= 0.6 is 27.3 Å². The van der Waals surface area contributed by atoms with Crippen LogP contribution in [0.1, 0.15) is 35.4 Å². The van der Waals surface area contributed by atoms with Crippen molar-refractivity contribution in [3.63, 3.8) is 0 Å². The average molecular weight is 342 g/mol. The molecule has 1 N–H and O–H groups in total. The summed E-state index contributed by atoms with van der Waals surface area (Å²) in [7, 11) is 0. The predicted octanol–water partition coefficient (Wildman–Crippen LogP) is 3.26. The highest BCUT2D eigenvalue weighted by Crippen LogP contribution is 2.19. The van der Waals surface area contributed by atoms with Crippen LogP contribution in [0.3, 0.4) is 0 Å². The largest absolute Gasteiger partial charge is 0.350 e. The molecule has 0 saturated heterocycles. The van der Waals surface area contributed by atoms with Crippen LogP contribution in [-0.2, 0) is 6.42 Å². The Kier molecular flexibility index (Phi) is 4.76. The van der Waals surface area contributed by atoms with E-state index < -0.39 is 0 Å². The summed E-state index contributed by atoms with van der Waals surface area (Å²) >= 11 is 5.02. The molecule has 4 nitrogen and oxygen atoms in total. The van der Waals surface area contributed by atoms with E-state index in [0.717, 1.165) is 15.9 Å². The van der Waals surface area contributed by atoms with Gasteiger partial charge < -0.3 is 9.88 Å². The monoisotopic (exact) mass is 341 g/mol. The Bertz CT molecular complexity index is 548. The van der Waals surface area contributed by atoms with Crippen LogP contribution in [0.4, 0.5) is 0 Å². The van der Waals surface area contributed by atoms with Crippen molar-refractivity contribution in [2.24, 2.45) is 0 Å². The van der Waals surface area contributed by atoms with E-state index in [-0.39, 0.29) is 11.9 Å². The third kappa shape index (κ3) is 3.67. The fourth-order valence-corrected chi connectivity index (χ4v) is 2.86. The van der Waals surface area contributed by atoms with Gasteiger partial charge >= 0.3 is 0 Å². The first kappa shape index (κ1) is 14.3. The zero-order valence-electron chi connectivity index (χ0n) is 10.9. The molecule has 0 aliphatic heterocycles. The Hall–Kier alpha value is -1.14. The summed E-state index contributed by atoms with van der Waals surface area (Å²) in [5, 5.41) is 5.92. The van der Waals surface area contributed by atoms with Crippen molar-refractivity contribution in [1.29, 1.82) is 0 Å². The summed E-state index contributed by atoms with van der Waals surface area (Å²) in [4.78, 5) is 16.3. The first-order chi connectivity index (χ1) is 9.08. The second-order valence-corrected chi connectivity index (χ2v) is 6.37. The van der Waals surface area contributed by atoms with E-state index in [4.69, 9.17) is 0 Å². The van der Waals surface area contributed by atoms with E-state index in [1.54, 1.807) is 17.5 Å². The molecule has 2 heterocycles. The van der Waals surface area contributed by atoms with Gasteiger partial charge in [0.25, 0.3) is 5.91 Å². The lowest BCUT2D eigenvalue weighted by Crippen LogP contribution is -2.28. The Balaban J connectivity index is 1.96. The first-order valence-corrected chi connectivity index (χ1v) is 7.79. The van der Waals surface area contributed by atoms with Crippen LogP contribution in [0, 0.1) is 0 Å². The van der Waals surface area contributed by atoms with Gasteiger partial charge in [-0.25, -0.2) is 4.98 Å². The highest BCUT2D eigenvalue weighted by Gasteiger charge is 2.14. The minimum Gasteiger partial charge on any atom is -0.350 e. The number of nitrogens with one attached hydrogen (secondary N) is 1. The number of nitrogens with zero attached hydrogens (tertiary/aromatic N) is 2. The zero-order chi connectivity index (χ0) is 13.8. The number of carbonyl (C=O) groups is 1. The lowest BCUT2D eigenvalue weighted by Gasteiger charge is -2.12. The maximum Gasteiger partial charge on any atom is 0.267 e. The zero-order valence-corrected chi connectivity index (χ0v) is 13.3. The standard InChI is InChI=1S/C13H16BrN3OS/c1-9(2)17-8-10(14)7-11(17)13(18)16-4-3-12-15-5-6-19-12/h5-9H,3-4H2,1-2H3,(H,16,18). The van der Waals surface area contributed by atoms with Crippen LogP contribution < -0.4 is 5.32 Å². The fraction of sp³-hybridized carbons (Fsp3) is 0.385. The van der Waals surface area contributed by atoms with Gasteiger partial charge in [-0.1, -0.05) is 0 Å². The minimum atomic E-state index is -0.0454. The SMILES string of the molecule is CC(C)n1cc(Br)cc1C(=O)NCCc1nccs1. The van der Waals surface area contributed by atoms with Gasteiger partial charge in [0, 0.05) is 41.3 Å². The van der Waals surface area contributed by atoms with Gasteiger partial charge in [-0.3, -0.25) is 4.79 Å². The molecule has 1 amide bonds. The smallest absolute Gasteiger partial charge is 0.267 e. The van der Waals surface area contributed by atoms with Gasteiger partial charge in [-0.2, -0.15) is 0 Å². The quantitative estimate of drug-likeness (QED) is 0.907. The Morgan fingerprint density at radius 2 is 2.37 bits per heavy atom. The fourth-order valence-electron chi connectivity index (χ4n) is 1.80. The lowest BCUT2D eigenvalue weighted by molar-refractivity contribution is 0.0943. The maximum atomic E-state index is 12.1. The van der Waals surface area contributed by atoms with Crippen molar-refractivity contribution < 1.29 is 4.79 Å². The number of amides is 1. The van der Waals surface area contributed by atoms with E-state index in [1.165, 1.54) is 0 Å². The van der Waals surface area contributed by atoms with E-state index in [9.17, 15) is 4.79 Å². The van der Waals surface area contributed by atoms with E-state index in [2.05, 4.69) is 40.1 Å². The van der Waals surface area contributed by atoms with Crippen molar-refractivity contribution in [1.82, 2.24) is 14.9 Å². The first-order valence-electron chi connectivity index (χ1n) is 6.12. The summed E-state index contributed by atoms with van der Waals surface area (Å²) < 4.78 is 2.88. The van der Waals surface area contributed by atoms with Crippen molar-refractivity contribution >= 4 is 33.2 Å². The highest BCUT2D eigenvalue weighted by atomic mass is 79.9. The van der Waals surface area contributed by atoms with Gasteiger partial charge in [0.1, 0.15) is 5.69 Å². The Labute approximate surface area is 125 Å². The van der Waals surface area contributed by atoms with Crippen LogP contribution in [0.15, 0.2) is 28.3 Å². The summed E-state index contributed by atoms with van der Waals surface area (Å²) in [6.45, 7) is 4.71. The number of rotatable bonds is 5. The van der Waals surface area contributed by atoms with Crippen LogP contribution in [0.25, 0.3) is 0 Å². The van der Waals surface area contributed by atoms with Crippen molar-refractivity contribution in [2.45, 2.75) is 26.3 Å². The summed E-state index contributed by atoms with van der Waals surface area (Å²) in [5.41, 5.74) is 0.681. The molecule has 6 heteroatoms. The molecule has 0 atom stereocenters. The average Bonchev–Trinajstić information content (AvgIpc) is 2.98. The Morgan fingerprint density at radius 1 is 1.58 bits per heavy atom. The topological polar surface area (TPSA) is 46.9 Å². The molecule has 2 rings (SSSR count). The number of aromatic nitrogens is 2. The molecule has 0 aromatic carbocycles. The molecule has 2 aromatic heterocycles. The molecule has 0 spiro atoms. The van der Waals surface area contributed by atoms with Crippen molar-refractivity contribution in [3.8, 4) is 0 Å². The van der Waals surface area contributed by atoms with Gasteiger partial charge in [0.2, 0.25) is 0 Å². The van der Waals surface area contributed by atoms with Gasteiger partial charge in [0.05, 0.1) is 5.01 Å². The highest BCUT2D eigenvalue weighted by molar-refractivity contribution is 9.10. The predicted molar refractivity (Wildman–Crippen MR) is 80.7 cm³/mol. The van der Waals surface area contributed by atoms with Gasteiger partial charge in [-0.05, 0) is 35.8 Å². The second kappa shape index (κ2) is 6.34. The molecule has 0 saturated carbocycles. The Morgan fingerprint density at radius 3 is 3.00 bits per heavy atom. The maximum absolute atomic E-state index is 12.1. The summed E-state index contributed by atoms with van der Waals surface area (Å²) in [6.07, 6.45) is 4.48. The van der Waals surface area contributed by atoms with E-state index in [0.29, 0.717) is 12.2 Å². The van der Waals surface area contributed by atoms with Crippen molar-refractivity contribution in [2.75, 3.05) is 6.54 Å². The molecule has 0 aliphatic rings. The molecule has 102 valence electrons.